The summed E-state index contributed by atoms with van der Waals surface area (Å²) in [5.41, 5.74) is 0.818. The minimum Gasteiger partial charge on any atom is -0.320 e. The zero-order chi connectivity index (χ0) is 16.1. The van der Waals surface area contributed by atoms with Crippen molar-refractivity contribution in [3.8, 4) is 0 Å². The molecule has 0 radical (unpaired) electrons. The van der Waals surface area contributed by atoms with Crippen molar-refractivity contribution in [2.75, 3.05) is 10.6 Å². The van der Waals surface area contributed by atoms with E-state index in [0.29, 0.717) is 16.4 Å². The van der Waals surface area contributed by atoms with Crippen molar-refractivity contribution in [2.45, 2.75) is 0 Å². The number of aromatic nitrogens is 3. The molecule has 3 rings (SSSR count). The lowest BCUT2D eigenvalue weighted by atomic mass is 10.2. The van der Waals surface area contributed by atoms with Crippen LogP contribution in [0.1, 0.15) is 20.8 Å². The number of carbonyl (C=O) groups excluding carboxylic acids is 2. The highest BCUT2D eigenvalue weighted by atomic mass is 32.1. The third-order valence-electron chi connectivity index (χ3n) is 2.85. The molecule has 0 saturated carbocycles. The number of hydrogen-bond acceptors (Lipinski definition) is 6. The average Bonchev–Trinajstić information content (AvgIpc) is 3.09. The zero-order valence-corrected chi connectivity index (χ0v) is 12.6. The molecule has 0 spiro atoms. The van der Waals surface area contributed by atoms with Crippen LogP contribution in [0.3, 0.4) is 0 Å². The lowest BCUT2D eigenvalue weighted by Crippen LogP contribution is -2.19. The number of pyridine rings is 2. The van der Waals surface area contributed by atoms with E-state index in [9.17, 15) is 9.59 Å². The van der Waals surface area contributed by atoms with Crippen molar-refractivity contribution in [2.24, 2.45) is 0 Å². The molecule has 114 valence electrons. The van der Waals surface area contributed by atoms with Crippen molar-refractivity contribution in [3.63, 3.8) is 0 Å². The van der Waals surface area contributed by atoms with E-state index in [4.69, 9.17) is 0 Å². The first kappa shape index (κ1) is 14.8. The molecular formula is C15H11N5O2S. The number of carbonyl (C=O) groups is 2. The second kappa shape index (κ2) is 6.75. The first-order valence-electron chi connectivity index (χ1n) is 6.61. The number of anilines is 2. The summed E-state index contributed by atoms with van der Waals surface area (Å²) in [4.78, 5) is 36.4. The van der Waals surface area contributed by atoms with Gasteiger partial charge in [0.2, 0.25) is 0 Å². The number of amides is 2. The summed E-state index contributed by atoms with van der Waals surface area (Å²) in [6.07, 6.45) is 6.09. The van der Waals surface area contributed by atoms with E-state index in [1.165, 1.54) is 23.7 Å². The molecule has 2 N–H and O–H groups in total. The lowest BCUT2D eigenvalue weighted by molar-refractivity contribution is 0.102. The summed E-state index contributed by atoms with van der Waals surface area (Å²) in [5, 5.41) is 7.51. The smallest absolute Gasteiger partial charge is 0.278 e. The van der Waals surface area contributed by atoms with Crippen LogP contribution in [0.2, 0.25) is 0 Å². The van der Waals surface area contributed by atoms with Gasteiger partial charge in [-0.05, 0) is 24.3 Å². The van der Waals surface area contributed by atoms with Crippen LogP contribution >= 0.6 is 11.3 Å². The molecular weight excluding hydrogens is 314 g/mol. The molecule has 8 heteroatoms. The molecule has 0 unspecified atom stereocenters. The first-order chi connectivity index (χ1) is 11.2. The van der Waals surface area contributed by atoms with E-state index >= 15 is 0 Å². The third kappa shape index (κ3) is 3.55. The van der Waals surface area contributed by atoms with Crippen LogP contribution in [0, 0.1) is 0 Å². The van der Waals surface area contributed by atoms with Gasteiger partial charge >= 0.3 is 0 Å². The Morgan fingerprint density at radius 2 is 1.83 bits per heavy atom. The Labute approximate surface area is 135 Å². The Bertz CT molecular complexity index is 821. The van der Waals surface area contributed by atoms with Gasteiger partial charge in [0.1, 0.15) is 0 Å². The van der Waals surface area contributed by atoms with Gasteiger partial charge in [-0.1, -0.05) is 0 Å². The number of thiazole rings is 1. The molecule has 0 bridgehead atoms. The van der Waals surface area contributed by atoms with Gasteiger partial charge < -0.3 is 5.32 Å². The van der Waals surface area contributed by atoms with Gasteiger partial charge in [0, 0.05) is 30.2 Å². The fraction of sp³-hybridized carbons (Fsp3) is 0. The maximum Gasteiger partial charge on any atom is 0.278 e. The molecule has 0 aliphatic carbocycles. The van der Waals surface area contributed by atoms with Gasteiger partial charge in [0.15, 0.2) is 10.8 Å². The Hall–Kier alpha value is -3.13. The van der Waals surface area contributed by atoms with E-state index in [-0.39, 0.29) is 11.6 Å². The summed E-state index contributed by atoms with van der Waals surface area (Å²) in [6, 6.07) is 6.54. The molecule has 2 amide bonds. The van der Waals surface area contributed by atoms with E-state index in [1.54, 1.807) is 42.0 Å². The summed E-state index contributed by atoms with van der Waals surface area (Å²) in [5.74, 6) is -0.809. The van der Waals surface area contributed by atoms with Crippen molar-refractivity contribution in [1.82, 2.24) is 15.0 Å². The normalized spacial score (nSPS) is 10.1. The van der Waals surface area contributed by atoms with Crippen LogP contribution in [0.15, 0.2) is 54.4 Å². The zero-order valence-electron chi connectivity index (χ0n) is 11.8. The molecule has 3 aromatic heterocycles. The quantitative estimate of drug-likeness (QED) is 0.768. The molecule has 0 aromatic carbocycles. The van der Waals surface area contributed by atoms with Crippen LogP contribution in [-0.4, -0.2) is 26.8 Å². The van der Waals surface area contributed by atoms with Crippen molar-refractivity contribution in [3.05, 3.63) is 65.7 Å². The molecule has 7 nitrogen and oxygen atoms in total. The van der Waals surface area contributed by atoms with Gasteiger partial charge in [-0.15, -0.1) is 11.3 Å². The minimum atomic E-state index is -0.443. The predicted molar refractivity (Wildman–Crippen MR) is 86.5 cm³/mol. The third-order valence-corrected chi connectivity index (χ3v) is 3.54. The highest BCUT2D eigenvalue weighted by Crippen LogP contribution is 2.17. The van der Waals surface area contributed by atoms with Gasteiger partial charge in [-0.2, -0.15) is 0 Å². The number of hydrogen-bond donors (Lipinski definition) is 2. The Kier molecular flexibility index (Phi) is 4.34. The molecule has 23 heavy (non-hydrogen) atoms. The van der Waals surface area contributed by atoms with E-state index in [2.05, 4.69) is 25.6 Å². The molecule has 0 atom stereocenters. The van der Waals surface area contributed by atoms with Crippen molar-refractivity contribution >= 4 is 34.0 Å². The van der Waals surface area contributed by atoms with Gasteiger partial charge in [0.25, 0.3) is 11.8 Å². The lowest BCUT2D eigenvalue weighted by Gasteiger charge is -2.09. The minimum absolute atomic E-state index is 0.111. The maximum atomic E-state index is 12.3. The predicted octanol–water partition coefficient (Wildman–Crippen LogP) is 2.44. The molecule has 0 aliphatic rings. The molecule has 3 aromatic rings. The first-order valence-corrected chi connectivity index (χ1v) is 7.49. The topological polar surface area (TPSA) is 96.9 Å². The summed E-state index contributed by atoms with van der Waals surface area (Å²) in [7, 11) is 0. The molecule has 0 fully saturated rings. The van der Waals surface area contributed by atoms with Crippen molar-refractivity contribution in [1.29, 1.82) is 0 Å². The standard InChI is InChI=1S/C15H11N5O2S/c21-13(10-3-1-5-16-9-10)19-11-4-2-6-17-12(11)14(22)20-15-18-7-8-23-15/h1-9H,(H,19,21)(H,18,20,22). The Morgan fingerprint density at radius 3 is 2.57 bits per heavy atom. The average molecular weight is 325 g/mol. The van der Waals surface area contributed by atoms with Crippen LogP contribution in [0.4, 0.5) is 10.8 Å². The summed E-state index contributed by atoms with van der Waals surface area (Å²) in [6.45, 7) is 0. The van der Waals surface area contributed by atoms with Crippen LogP contribution < -0.4 is 10.6 Å². The second-order valence-corrected chi connectivity index (χ2v) is 5.28. The maximum absolute atomic E-state index is 12.3. The highest BCUT2D eigenvalue weighted by molar-refractivity contribution is 7.13. The Balaban J connectivity index is 1.80. The summed E-state index contributed by atoms with van der Waals surface area (Å²) >= 11 is 1.30. The number of nitrogens with zero attached hydrogens (tertiary/aromatic N) is 3. The van der Waals surface area contributed by atoms with Gasteiger partial charge in [0.05, 0.1) is 11.3 Å². The number of nitrogens with one attached hydrogen (secondary N) is 2. The van der Waals surface area contributed by atoms with E-state index in [0.717, 1.165) is 0 Å². The van der Waals surface area contributed by atoms with Crippen LogP contribution in [-0.2, 0) is 0 Å². The Morgan fingerprint density at radius 1 is 0.957 bits per heavy atom. The molecule has 0 saturated heterocycles. The van der Waals surface area contributed by atoms with Crippen LogP contribution in [0.5, 0.6) is 0 Å². The second-order valence-electron chi connectivity index (χ2n) is 4.39. The molecule has 3 heterocycles. The fourth-order valence-corrected chi connectivity index (χ4v) is 2.34. The van der Waals surface area contributed by atoms with Gasteiger partial charge in [-0.25, -0.2) is 9.97 Å². The fourth-order valence-electron chi connectivity index (χ4n) is 1.82. The van der Waals surface area contributed by atoms with E-state index in [1.807, 2.05) is 0 Å². The largest absolute Gasteiger partial charge is 0.320 e. The summed E-state index contributed by atoms with van der Waals surface area (Å²) < 4.78 is 0. The monoisotopic (exact) mass is 325 g/mol. The van der Waals surface area contributed by atoms with Crippen LogP contribution in [0.25, 0.3) is 0 Å². The van der Waals surface area contributed by atoms with Gasteiger partial charge in [-0.3, -0.25) is 19.9 Å². The number of rotatable bonds is 4. The SMILES string of the molecule is O=C(Nc1cccnc1C(=O)Nc1nccs1)c1cccnc1. The van der Waals surface area contributed by atoms with Crippen molar-refractivity contribution < 1.29 is 9.59 Å². The van der Waals surface area contributed by atoms with E-state index < -0.39 is 5.91 Å². The molecule has 0 aliphatic heterocycles. The highest BCUT2D eigenvalue weighted by Gasteiger charge is 2.16.